The van der Waals surface area contributed by atoms with E-state index >= 15 is 0 Å². The third-order valence-corrected chi connectivity index (χ3v) is 5.01. The van der Waals surface area contributed by atoms with Gasteiger partial charge in [-0.15, -0.1) is 11.3 Å². The number of imidazole rings is 1. The van der Waals surface area contributed by atoms with Crippen LogP contribution in [-0.4, -0.2) is 32.6 Å². The fraction of sp³-hybridized carbons (Fsp3) is 0.353. The van der Waals surface area contributed by atoms with E-state index in [0.717, 1.165) is 25.3 Å². The lowest BCUT2D eigenvalue weighted by Gasteiger charge is -2.34. The Morgan fingerprint density at radius 2 is 2.09 bits per heavy atom. The van der Waals surface area contributed by atoms with Gasteiger partial charge in [0.15, 0.2) is 0 Å². The molecule has 3 aromatic heterocycles. The van der Waals surface area contributed by atoms with Crippen LogP contribution in [0.3, 0.4) is 0 Å². The van der Waals surface area contributed by atoms with Gasteiger partial charge in [-0.3, -0.25) is 4.98 Å². The summed E-state index contributed by atoms with van der Waals surface area (Å²) >= 11 is 1.64. The van der Waals surface area contributed by atoms with Crippen molar-refractivity contribution in [3.05, 3.63) is 59.3 Å². The van der Waals surface area contributed by atoms with Gasteiger partial charge >= 0.3 is 0 Å². The maximum Gasteiger partial charge on any atom is 0.113 e. The van der Waals surface area contributed by atoms with Gasteiger partial charge in [0.1, 0.15) is 5.82 Å². The van der Waals surface area contributed by atoms with Crippen LogP contribution >= 0.6 is 11.3 Å². The van der Waals surface area contributed by atoms with E-state index in [0.29, 0.717) is 5.92 Å². The fourth-order valence-corrected chi connectivity index (χ4v) is 3.83. The van der Waals surface area contributed by atoms with E-state index in [1.54, 1.807) is 11.3 Å². The van der Waals surface area contributed by atoms with Crippen molar-refractivity contribution in [2.45, 2.75) is 25.3 Å². The molecular weight excluding hydrogens is 306 g/mol. The van der Waals surface area contributed by atoms with E-state index in [-0.39, 0.29) is 0 Å². The smallest absolute Gasteiger partial charge is 0.113 e. The van der Waals surface area contributed by atoms with Crippen LogP contribution in [0.5, 0.6) is 0 Å². The second kappa shape index (κ2) is 6.50. The standard InChI is InChI=1S/C17H19N5S/c1-2-14(10-21(8-1)16-3-5-18-6-4-16)17-19-7-9-22(17)11-15-12-23-13-20-15/h3-7,9,12-14H,1-2,8,10-11H2/t14-/m1/s1. The molecule has 118 valence electrons. The largest absolute Gasteiger partial charge is 0.371 e. The molecule has 0 unspecified atom stereocenters. The normalized spacial score (nSPS) is 18.3. The van der Waals surface area contributed by atoms with E-state index in [9.17, 15) is 0 Å². The predicted octanol–water partition coefficient (Wildman–Crippen LogP) is 3.17. The van der Waals surface area contributed by atoms with Crippen LogP contribution in [0, 0.1) is 0 Å². The van der Waals surface area contributed by atoms with Gasteiger partial charge in [-0.05, 0) is 25.0 Å². The van der Waals surface area contributed by atoms with E-state index in [2.05, 4.69) is 48.1 Å². The third kappa shape index (κ3) is 3.12. The van der Waals surface area contributed by atoms with E-state index < -0.39 is 0 Å². The lowest BCUT2D eigenvalue weighted by molar-refractivity contribution is 0.476. The van der Waals surface area contributed by atoms with Crippen molar-refractivity contribution in [3.63, 3.8) is 0 Å². The lowest BCUT2D eigenvalue weighted by atomic mass is 9.96. The zero-order chi connectivity index (χ0) is 15.5. The number of rotatable bonds is 4. The number of piperidine rings is 1. The summed E-state index contributed by atoms with van der Waals surface area (Å²) in [5.74, 6) is 1.64. The SMILES string of the molecule is c1cc(N2CCC[C@@H](c3nccn3Cc3cscn3)C2)ccn1. The van der Waals surface area contributed by atoms with Gasteiger partial charge in [-0.2, -0.15) is 0 Å². The number of pyridine rings is 1. The summed E-state index contributed by atoms with van der Waals surface area (Å²) in [4.78, 5) is 15.6. The van der Waals surface area contributed by atoms with Gasteiger partial charge in [-0.1, -0.05) is 0 Å². The maximum absolute atomic E-state index is 4.65. The van der Waals surface area contributed by atoms with Crippen molar-refractivity contribution < 1.29 is 0 Å². The molecule has 3 aromatic rings. The zero-order valence-corrected chi connectivity index (χ0v) is 13.7. The van der Waals surface area contributed by atoms with E-state index in [1.807, 2.05) is 24.1 Å². The number of nitrogens with zero attached hydrogens (tertiary/aromatic N) is 5. The average Bonchev–Trinajstić information content (AvgIpc) is 3.28. The highest BCUT2D eigenvalue weighted by molar-refractivity contribution is 7.07. The van der Waals surface area contributed by atoms with E-state index in [4.69, 9.17) is 0 Å². The second-order valence-corrected chi connectivity index (χ2v) is 6.60. The van der Waals surface area contributed by atoms with Crippen LogP contribution in [0.2, 0.25) is 0 Å². The maximum atomic E-state index is 4.65. The van der Waals surface area contributed by atoms with Crippen molar-refractivity contribution in [3.8, 4) is 0 Å². The van der Waals surface area contributed by atoms with Crippen LogP contribution in [0.15, 0.2) is 47.8 Å². The molecule has 0 radical (unpaired) electrons. The Kier molecular flexibility index (Phi) is 4.06. The Hall–Kier alpha value is -2.21. The number of hydrogen-bond acceptors (Lipinski definition) is 5. The van der Waals surface area contributed by atoms with Gasteiger partial charge in [0.25, 0.3) is 0 Å². The van der Waals surface area contributed by atoms with Gasteiger partial charge in [0.05, 0.1) is 17.7 Å². The molecule has 0 bridgehead atoms. The van der Waals surface area contributed by atoms with Gasteiger partial charge in [0, 0.05) is 54.9 Å². The Labute approximate surface area is 139 Å². The highest BCUT2D eigenvalue weighted by Crippen LogP contribution is 2.29. The summed E-state index contributed by atoms with van der Waals surface area (Å²) in [7, 11) is 0. The molecule has 0 N–H and O–H groups in total. The fourth-order valence-electron chi connectivity index (χ4n) is 3.28. The number of anilines is 1. The molecule has 1 saturated heterocycles. The summed E-state index contributed by atoms with van der Waals surface area (Å²) in [5, 5.41) is 2.11. The first-order valence-corrected chi connectivity index (χ1v) is 8.87. The molecule has 0 aromatic carbocycles. The Bertz CT molecular complexity index is 737. The molecule has 0 amide bonds. The van der Waals surface area contributed by atoms with Gasteiger partial charge in [-0.25, -0.2) is 9.97 Å². The van der Waals surface area contributed by atoms with Gasteiger partial charge in [0.2, 0.25) is 0 Å². The van der Waals surface area contributed by atoms with Crippen molar-refractivity contribution >= 4 is 17.0 Å². The molecule has 1 aliphatic heterocycles. The summed E-state index contributed by atoms with van der Waals surface area (Å²) in [5.41, 5.74) is 4.25. The molecule has 5 nitrogen and oxygen atoms in total. The molecular formula is C17H19N5S. The third-order valence-electron chi connectivity index (χ3n) is 4.38. The molecule has 0 aliphatic carbocycles. The quantitative estimate of drug-likeness (QED) is 0.739. The molecule has 23 heavy (non-hydrogen) atoms. The van der Waals surface area contributed by atoms with Crippen LogP contribution in [0.4, 0.5) is 5.69 Å². The van der Waals surface area contributed by atoms with Crippen LogP contribution in [0.1, 0.15) is 30.3 Å². The molecule has 4 heterocycles. The first-order valence-electron chi connectivity index (χ1n) is 7.93. The molecule has 1 fully saturated rings. The minimum Gasteiger partial charge on any atom is -0.371 e. The molecule has 4 rings (SSSR count). The molecule has 1 atom stereocenters. The number of hydrogen-bond donors (Lipinski definition) is 0. The molecule has 6 heteroatoms. The Morgan fingerprint density at radius 1 is 1.17 bits per heavy atom. The Morgan fingerprint density at radius 3 is 2.91 bits per heavy atom. The summed E-state index contributed by atoms with van der Waals surface area (Å²) in [6.07, 6.45) is 10.1. The molecule has 0 spiro atoms. The number of aromatic nitrogens is 4. The minimum absolute atomic E-state index is 0.463. The monoisotopic (exact) mass is 325 g/mol. The summed E-state index contributed by atoms with van der Waals surface area (Å²) in [6, 6.07) is 4.17. The first-order chi connectivity index (χ1) is 11.4. The predicted molar refractivity (Wildman–Crippen MR) is 91.9 cm³/mol. The van der Waals surface area contributed by atoms with Crippen LogP contribution in [-0.2, 0) is 6.54 Å². The minimum atomic E-state index is 0.463. The van der Waals surface area contributed by atoms with Crippen molar-refractivity contribution in [1.82, 2.24) is 19.5 Å². The van der Waals surface area contributed by atoms with Crippen LogP contribution < -0.4 is 4.90 Å². The Balaban J connectivity index is 1.53. The zero-order valence-electron chi connectivity index (χ0n) is 12.9. The van der Waals surface area contributed by atoms with Crippen molar-refractivity contribution in [2.24, 2.45) is 0 Å². The summed E-state index contributed by atoms with van der Waals surface area (Å²) < 4.78 is 2.25. The van der Waals surface area contributed by atoms with Crippen molar-refractivity contribution in [1.29, 1.82) is 0 Å². The van der Waals surface area contributed by atoms with E-state index in [1.165, 1.54) is 24.4 Å². The highest BCUT2D eigenvalue weighted by atomic mass is 32.1. The second-order valence-electron chi connectivity index (χ2n) is 5.88. The first kappa shape index (κ1) is 14.4. The summed E-state index contributed by atoms with van der Waals surface area (Å²) in [6.45, 7) is 2.93. The lowest BCUT2D eigenvalue weighted by Crippen LogP contribution is -2.35. The van der Waals surface area contributed by atoms with Gasteiger partial charge < -0.3 is 9.47 Å². The topological polar surface area (TPSA) is 46.8 Å². The highest BCUT2D eigenvalue weighted by Gasteiger charge is 2.25. The molecule has 0 saturated carbocycles. The van der Waals surface area contributed by atoms with Crippen LogP contribution in [0.25, 0.3) is 0 Å². The average molecular weight is 325 g/mol. The van der Waals surface area contributed by atoms with Crippen molar-refractivity contribution in [2.75, 3.05) is 18.0 Å². The number of thiazole rings is 1. The molecule has 1 aliphatic rings.